The van der Waals surface area contributed by atoms with E-state index in [1.165, 1.54) is 17.3 Å². The molecule has 0 bridgehead atoms. The van der Waals surface area contributed by atoms with E-state index in [-0.39, 0.29) is 5.91 Å². The van der Waals surface area contributed by atoms with Gasteiger partial charge in [0.05, 0.1) is 10.6 Å². The summed E-state index contributed by atoms with van der Waals surface area (Å²) in [5, 5.41) is 4.48. The summed E-state index contributed by atoms with van der Waals surface area (Å²) in [6, 6.07) is 20.6. The third-order valence-electron chi connectivity index (χ3n) is 4.48. The highest BCUT2D eigenvalue weighted by atomic mass is 35.5. The minimum atomic E-state index is -0.220. The molecular weight excluding hydrogens is 451 g/mol. The number of carbonyl (C=O) groups excluding carboxylic acids is 1. The average molecular weight is 469 g/mol. The first kappa shape index (κ1) is 21.5. The molecule has 31 heavy (non-hydrogen) atoms. The molecule has 0 saturated carbocycles. The van der Waals surface area contributed by atoms with E-state index in [2.05, 4.69) is 10.3 Å². The van der Waals surface area contributed by atoms with Gasteiger partial charge < -0.3 is 10.1 Å². The minimum absolute atomic E-state index is 0.220. The van der Waals surface area contributed by atoms with E-state index in [9.17, 15) is 4.79 Å². The van der Waals surface area contributed by atoms with Crippen molar-refractivity contribution in [2.24, 2.45) is 4.99 Å². The largest absolute Gasteiger partial charge is 0.488 e. The number of hydrogen-bond acceptors (Lipinski definition) is 4. The molecule has 3 aromatic rings. The van der Waals surface area contributed by atoms with E-state index in [1.54, 1.807) is 42.5 Å². The van der Waals surface area contributed by atoms with Crippen LogP contribution in [-0.4, -0.2) is 11.1 Å². The highest BCUT2D eigenvalue weighted by molar-refractivity contribution is 8.18. The number of benzene rings is 3. The van der Waals surface area contributed by atoms with Crippen LogP contribution >= 0.6 is 35.0 Å². The molecule has 1 N–H and O–H groups in total. The number of carbonyl (C=O) groups is 1. The number of hydrogen-bond donors (Lipinski definition) is 1. The zero-order valence-corrected chi connectivity index (χ0v) is 18.9. The lowest BCUT2D eigenvalue weighted by Gasteiger charge is -2.10. The Labute approximate surface area is 194 Å². The fourth-order valence-corrected chi connectivity index (χ4v) is 4.00. The first-order chi connectivity index (χ1) is 15.0. The third kappa shape index (κ3) is 5.70. The van der Waals surface area contributed by atoms with E-state index in [0.717, 1.165) is 11.1 Å². The van der Waals surface area contributed by atoms with Crippen molar-refractivity contribution in [2.75, 3.05) is 0 Å². The summed E-state index contributed by atoms with van der Waals surface area (Å²) >= 11 is 13.4. The molecule has 1 heterocycles. The van der Waals surface area contributed by atoms with Gasteiger partial charge in [0, 0.05) is 15.6 Å². The molecular formula is C24H18Cl2N2O2S. The highest BCUT2D eigenvalue weighted by Crippen LogP contribution is 2.32. The highest BCUT2D eigenvalue weighted by Gasteiger charge is 2.24. The van der Waals surface area contributed by atoms with E-state index in [0.29, 0.717) is 38.2 Å². The van der Waals surface area contributed by atoms with Crippen LogP contribution in [0.5, 0.6) is 5.75 Å². The zero-order chi connectivity index (χ0) is 21.8. The number of nitrogens with zero attached hydrogens (tertiary/aromatic N) is 1. The lowest BCUT2D eigenvalue weighted by atomic mass is 10.1. The number of aliphatic imine (C=N–C) groups is 1. The topological polar surface area (TPSA) is 50.7 Å². The molecule has 3 aromatic carbocycles. The quantitative estimate of drug-likeness (QED) is 0.420. The smallest absolute Gasteiger partial charge is 0.264 e. The van der Waals surface area contributed by atoms with Gasteiger partial charge in [-0.1, -0.05) is 53.0 Å². The number of ether oxygens (including phenoxy) is 1. The second kappa shape index (κ2) is 9.60. The molecule has 0 aromatic heterocycles. The monoisotopic (exact) mass is 468 g/mol. The summed E-state index contributed by atoms with van der Waals surface area (Å²) in [7, 11) is 0. The van der Waals surface area contributed by atoms with Crippen LogP contribution in [0.3, 0.4) is 0 Å². The molecule has 1 aliphatic rings. The van der Waals surface area contributed by atoms with Gasteiger partial charge in [0.25, 0.3) is 5.91 Å². The first-order valence-corrected chi connectivity index (χ1v) is 11.1. The van der Waals surface area contributed by atoms with Crippen LogP contribution in [0.4, 0.5) is 5.69 Å². The molecule has 156 valence electrons. The fraction of sp³-hybridized carbons (Fsp3) is 0.0833. The van der Waals surface area contributed by atoms with Crippen LogP contribution in [0, 0.1) is 6.92 Å². The van der Waals surface area contributed by atoms with Gasteiger partial charge in [0.1, 0.15) is 12.4 Å². The summed E-state index contributed by atoms with van der Waals surface area (Å²) in [6.07, 6.45) is 1.76. The van der Waals surface area contributed by atoms with Gasteiger partial charge in [-0.25, -0.2) is 4.99 Å². The maximum Gasteiger partial charge on any atom is 0.264 e. The summed E-state index contributed by atoms with van der Waals surface area (Å²) in [5.41, 5.74) is 3.69. The van der Waals surface area contributed by atoms with Gasteiger partial charge in [0.15, 0.2) is 5.17 Å². The number of halogens is 2. The SMILES string of the molecule is Cc1ccc(COc2ccc(Cl)cc2C=C2SC(=Nc3ccc(Cl)cc3)NC2=O)cc1. The Morgan fingerprint density at radius 2 is 1.71 bits per heavy atom. The molecule has 4 rings (SSSR count). The van der Waals surface area contributed by atoms with Crippen LogP contribution in [0.1, 0.15) is 16.7 Å². The summed E-state index contributed by atoms with van der Waals surface area (Å²) in [6.45, 7) is 2.46. The van der Waals surface area contributed by atoms with Crippen molar-refractivity contribution >= 4 is 57.8 Å². The molecule has 1 amide bonds. The average Bonchev–Trinajstić information content (AvgIpc) is 3.09. The first-order valence-electron chi connectivity index (χ1n) is 9.49. The van der Waals surface area contributed by atoms with Gasteiger partial charge >= 0.3 is 0 Å². The lowest BCUT2D eigenvalue weighted by molar-refractivity contribution is -0.115. The van der Waals surface area contributed by atoms with Crippen molar-refractivity contribution in [1.82, 2.24) is 5.32 Å². The molecule has 0 aliphatic carbocycles. The molecule has 1 fully saturated rings. The van der Waals surface area contributed by atoms with Crippen molar-refractivity contribution in [2.45, 2.75) is 13.5 Å². The molecule has 0 spiro atoms. The van der Waals surface area contributed by atoms with Crippen LogP contribution in [0.15, 0.2) is 76.6 Å². The predicted octanol–water partition coefficient (Wildman–Crippen LogP) is 6.77. The Balaban J connectivity index is 1.54. The number of amidine groups is 1. The van der Waals surface area contributed by atoms with Crippen LogP contribution in [0.25, 0.3) is 6.08 Å². The summed E-state index contributed by atoms with van der Waals surface area (Å²) in [5.74, 6) is 0.427. The van der Waals surface area contributed by atoms with Crippen LogP contribution in [0.2, 0.25) is 10.0 Å². The predicted molar refractivity (Wildman–Crippen MR) is 129 cm³/mol. The van der Waals surface area contributed by atoms with E-state index in [1.807, 2.05) is 37.3 Å². The maximum atomic E-state index is 12.5. The standard InChI is InChI=1S/C24H18Cl2N2O2S/c1-15-2-4-16(5-3-15)14-30-21-11-8-19(26)12-17(21)13-22-23(29)28-24(31-22)27-20-9-6-18(25)7-10-20/h2-13H,14H2,1H3,(H,27,28,29). The Morgan fingerprint density at radius 3 is 2.45 bits per heavy atom. The fourth-order valence-electron chi connectivity index (χ4n) is 2.86. The van der Waals surface area contributed by atoms with Crippen molar-refractivity contribution in [3.05, 3.63) is 98.4 Å². The molecule has 4 nitrogen and oxygen atoms in total. The Morgan fingerprint density at radius 1 is 1.00 bits per heavy atom. The van der Waals surface area contributed by atoms with Gasteiger partial charge in [0.2, 0.25) is 0 Å². The van der Waals surface area contributed by atoms with Crippen LogP contribution < -0.4 is 10.1 Å². The summed E-state index contributed by atoms with van der Waals surface area (Å²) < 4.78 is 6.01. The minimum Gasteiger partial charge on any atom is -0.488 e. The van der Waals surface area contributed by atoms with Gasteiger partial charge in [-0.05, 0) is 72.8 Å². The second-order valence-electron chi connectivity index (χ2n) is 6.91. The second-order valence-corrected chi connectivity index (χ2v) is 8.82. The number of nitrogens with one attached hydrogen (secondary N) is 1. The number of rotatable bonds is 5. The Kier molecular flexibility index (Phi) is 6.66. The van der Waals surface area contributed by atoms with Crippen LogP contribution in [-0.2, 0) is 11.4 Å². The zero-order valence-electron chi connectivity index (χ0n) is 16.6. The normalized spacial score (nSPS) is 16.0. The molecule has 7 heteroatoms. The molecule has 0 unspecified atom stereocenters. The molecule has 1 saturated heterocycles. The van der Waals surface area contributed by atoms with Gasteiger partial charge in [-0.15, -0.1) is 0 Å². The van der Waals surface area contributed by atoms with Crippen molar-refractivity contribution < 1.29 is 9.53 Å². The third-order valence-corrected chi connectivity index (χ3v) is 5.88. The van der Waals surface area contributed by atoms with Gasteiger partial charge in [-0.2, -0.15) is 0 Å². The van der Waals surface area contributed by atoms with Crippen molar-refractivity contribution in [3.8, 4) is 5.75 Å². The van der Waals surface area contributed by atoms with E-state index < -0.39 is 0 Å². The number of thioether (sulfide) groups is 1. The Bertz CT molecular complexity index is 1170. The summed E-state index contributed by atoms with van der Waals surface area (Å²) in [4.78, 5) is 17.4. The molecule has 0 radical (unpaired) electrons. The molecule has 0 atom stereocenters. The van der Waals surface area contributed by atoms with E-state index in [4.69, 9.17) is 27.9 Å². The van der Waals surface area contributed by atoms with Crippen molar-refractivity contribution in [1.29, 1.82) is 0 Å². The van der Waals surface area contributed by atoms with E-state index >= 15 is 0 Å². The maximum absolute atomic E-state index is 12.5. The van der Waals surface area contributed by atoms with Crippen molar-refractivity contribution in [3.63, 3.8) is 0 Å². The number of amides is 1. The lowest BCUT2D eigenvalue weighted by Crippen LogP contribution is -2.19. The Hall–Kier alpha value is -2.73. The molecule has 1 aliphatic heterocycles. The number of aryl methyl sites for hydroxylation is 1. The van der Waals surface area contributed by atoms with Gasteiger partial charge in [-0.3, -0.25) is 4.79 Å².